The molecule has 214 valence electrons. The Morgan fingerprint density at radius 3 is 2.20 bits per heavy atom. The first kappa shape index (κ1) is 31.9. The minimum atomic E-state index is -1.03. The number of carbonyl (C=O) groups is 5. The summed E-state index contributed by atoms with van der Waals surface area (Å²) in [5.74, 6) is -2.58. The number of guanidine groups is 1. The zero-order chi connectivity index (χ0) is 29.7. The summed E-state index contributed by atoms with van der Waals surface area (Å²) < 4.78 is 9.58. The highest BCUT2D eigenvalue weighted by Crippen LogP contribution is 2.31. The molecule has 2 rings (SSSR count). The number of nitrogens with zero attached hydrogens (tertiary/aromatic N) is 1. The smallest absolute Gasteiger partial charge is 0.413 e. The first-order valence-corrected chi connectivity index (χ1v) is 12.6. The van der Waals surface area contributed by atoms with Crippen LogP contribution in [-0.2, 0) is 25.5 Å². The van der Waals surface area contributed by atoms with Crippen LogP contribution in [0.15, 0.2) is 41.4 Å². The molecule has 0 aliphatic heterocycles. The van der Waals surface area contributed by atoms with Crippen molar-refractivity contribution in [1.82, 2.24) is 16.0 Å². The van der Waals surface area contributed by atoms with Crippen molar-refractivity contribution >= 4 is 70.5 Å². The molecule has 0 saturated carbocycles. The second-order valence-electron chi connectivity index (χ2n) is 7.75. The molecule has 40 heavy (non-hydrogen) atoms. The molecule has 0 aliphatic rings. The van der Waals surface area contributed by atoms with E-state index in [0.717, 1.165) is 0 Å². The molecule has 0 saturated heterocycles. The lowest BCUT2D eigenvalue weighted by Crippen LogP contribution is -2.44. The van der Waals surface area contributed by atoms with E-state index in [1.807, 2.05) is 0 Å². The van der Waals surface area contributed by atoms with Crippen LogP contribution in [0.1, 0.15) is 36.2 Å². The third-order valence-corrected chi connectivity index (χ3v) is 5.28. The monoisotopic (exact) mass is 595 g/mol. The normalized spacial score (nSPS) is 10.1. The van der Waals surface area contributed by atoms with E-state index in [1.54, 1.807) is 13.8 Å². The molecule has 0 bridgehead atoms. The largest absolute Gasteiger partial charge is 0.481 e. The lowest BCUT2D eigenvalue weighted by Gasteiger charge is -2.14. The Balaban J connectivity index is 2.12. The van der Waals surface area contributed by atoms with Crippen molar-refractivity contribution in [3.8, 4) is 0 Å². The van der Waals surface area contributed by atoms with Gasteiger partial charge in [0.1, 0.15) is 0 Å². The summed E-state index contributed by atoms with van der Waals surface area (Å²) in [5.41, 5.74) is 0.913. The number of carbonyl (C=O) groups excluding carboxylic acids is 4. The van der Waals surface area contributed by atoms with Crippen LogP contribution in [0, 0.1) is 0 Å². The third-order valence-electron chi connectivity index (χ3n) is 4.76. The number of carboxylic acid groups (broad SMARTS) is 1. The van der Waals surface area contributed by atoms with E-state index in [1.165, 1.54) is 36.4 Å². The predicted molar refractivity (Wildman–Crippen MR) is 147 cm³/mol. The maximum atomic E-state index is 12.7. The van der Waals surface area contributed by atoms with Gasteiger partial charge in [0.15, 0.2) is 0 Å². The molecule has 0 aromatic heterocycles. The van der Waals surface area contributed by atoms with Crippen LogP contribution in [0.25, 0.3) is 0 Å². The fourth-order valence-electron chi connectivity index (χ4n) is 3.11. The Labute approximate surface area is 239 Å². The molecular formula is C25H27Cl2N5O8. The van der Waals surface area contributed by atoms with Crippen LogP contribution >= 0.6 is 23.2 Å². The van der Waals surface area contributed by atoms with Gasteiger partial charge in [-0.25, -0.2) is 14.6 Å². The number of aliphatic imine (C=N–C) groups is 1. The Kier molecular flexibility index (Phi) is 12.7. The fourth-order valence-corrected chi connectivity index (χ4v) is 3.70. The Morgan fingerprint density at radius 2 is 1.60 bits per heavy atom. The molecule has 2 aromatic carbocycles. The van der Waals surface area contributed by atoms with E-state index < -0.39 is 36.5 Å². The Hall–Kier alpha value is -4.36. The van der Waals surface area contributed by atoms with Crippen molar-refractivity contribution < 1.29 is 38.6 Å². The summed E-state index contributed by atoms with van der Waals surface area (Å²) in [6.07, 6.45) is -1.88. The number of amides is 4. The number of benzene rings is 2. The summed E-state index contributed by atoms with van der Waals surface area (Å²) in [7, 11) is 0. The zero-order valence-corrected chi connectivity index (χ0v) is 23.0. The van der Waals surface area contributed by atoms with Gasteiger partial charge in [-0.2, -0.15) is 0 Å². The van der Waals surface area contributed by atoms with Gasteiger partial charge < -0.3 is 25.2 Å². The molecule has 5 N–H and O–H groups in total. The number of hydrogen-bond donors (Lipinski definition) is 5. The van der Waals surface area contributed by atoms with E-state index >= 15 is 0 Å². The highest BCUT2D eigenvalue weighted by atomic mass is 35.5. The molecule has 0 fully saturated rings. The van der Waals surface area contributed by atoms with Crippen molar-refractivity contribution in [2.45, 2.75) is 26.7 Å². The summed E-state index contributed by atoms with van der Waals surface area (Å²) in [5, 5.41) is 18.9. The van der Waals surface area contributed by atoms with Crippen LogP contribution < -0.4 is 21.3 Å². The van der Waals surface area contributed by atoms with Gasteiger partial charge in [0, 0.05) is 17.0 Å². The second kappa shape index (κ2) is 15.9. The van der Waals surface area contributed by atoms with Crippen LogP contribution in [0.4, 0.5) is 21.0 Å². The third kappa shape index (κ3) is 10.8. The molecule has 4 amide bonds. The highest BCUT2D eigenvalue weighted by molar-refractivity contribution is 6.37. The maximum absolute atomic E-state index is 12.7. The molecule has 0 atom stereocenters. The average molecular weight is 596 g/mol. The van der Waals surface area contributed by atoms with E-state index in [9.17, 15) is 24.0 Å². The van der Waals surface area contributed by atoms with Crippen LogP contribution in [-0.4, -0.2) is 60.8 Å². The van der Waals surface area contributed by atoms with E-state index in [4.69, 9.17) is 37.8 Å². The predicted octanol–water partition coefficient (Wildman–Crippen LogP) is 3.86. The van der Waals surface area contributed by atoms with Crippen LogP contribution in [0.3, 0.4) is 0 Å². The molecular weight excluding hydrogens is 569 g/mol. The van der Waals surface area contributed by atoms with E-state index in [-0.39, 0.29) is 59.0 Å². The van der Waals surface area contributed by atoms with E-state index in [0.29, 0.717) is 5.56 Å². The maximum Gasteiger partial charge on any atom is 0.413 e. The van der Waals surface area contributed by atoms with Crippen LogP contribution in [0.5, 0.6) is 0 Å². The Morgan fingerprint density at radius 1 is 0.950 bits per heavy atom. The molecule has 0 aliphatic carbocycles. The number of nitrogens with one attached hydrogen (secondary N) is 4. The molecule has 0 spiro atoms. The van der Waals surface area contributed by atoms with Crippen molar-refractivity contribution in [2.24, 2.45) is 4.99 Å². The topological polar surface area (TPSA) is 185 Å². The number of carboxylic acids is 1. The summed E-state index contributed by atoms with van der Waals surface area (Å²) >= 11 is 12.2. The SMILES string of the molecule is CCOC(=O)NC(=Nc1cccc(C(=O)NCC(=O)Nc2c(Cl)cc(Cl)cc2CCC(=O)O)c1)NC(=O)OCC. The summed E-state index contributed by atoms with van der Waals surface area (Å²) in [6, 6.07) is 8.72. The van der Waals surface area contributed by atoms with Crippen molar-refractivity contribution in [3.63, 3.8) is 0 Å². The summed E-state index contributed by atoms with van der Waals surface area (Å²) in [6.45, 7) is 2.91. The number of anilines is 1. The first-order valence-electron chi connectivity index (χ1n) is 11.9. The number of alkyl carbamates (subject to hydrolysis) is 2. The zero-order valence-electron chi connectivity index (χ0n) is 21.5. The number of halogens is 2. The van der Waals surface area contributed by atoms with Gasteiger partial charge in [0.05, 0.1) is 36.2 Å². The van der Waals surface area contributed by atoms with Gasteiger partial charge in [-0.15, -0.1) is 0 Å². The average Bonchev–Trinajstić information content (AvgIpc) is 2.88. The van der Waals surface area contributed by atoms with Gasteiger partial charge in [0.2, 0.25) is 11.9 Å². The number of aliphatic carboxylic acids is 1. The quantitative estimate of drug-likeness (QED) is 0.202. The molecule has 2 aromatic rings. The molecule has 0 unspecified atom stereocenters. The molecule has 15 heteroatoms. The number of aryl methyl sites for hydroxylation is 1. The van der Waals surface area contributed by atoms with Crippen molar-refractivity contribution in [2.75, 3.05) is 25.1 Å². The number of rotatable bonds is 10. The minimum Gasteiger partial charge on any atom is -0.481 e. The van der Waals surface area contributed by atoms with Crippen molar-refractivity contribution in [3.05, 3.63) is 57.6 Å². The van der Waals surface area contributed by atoms with Gasteiger partial charge in [0.25, 0.3) is 5.91 Å². The molecule has 0 radical (unpaired) electrons. The lowest BCUT2D eigenvalue weighted by molar-refractivity contribution is -0.137. The van der Waals surface area contributed by atoms with Gasteiger partial charge in [-0.05, 0) is 56.2 Å². The van der Waals surface area contributed by atoms with Crippen molar-refractivity contribution in [1.29, 1.82) is 0 Å². The molecule has 13 nitrogen and oxygen atoms in total. The highest BCUT2D eigenvalue weighted by Gasteiger charge is 2.16. The second-order valence-corrected chi connectivity index (χ2v) is 8.59. The Bertz CT molecular complexity index is 1280. The lowest BCUT2D eigenvalue weighted by atomic mass is 10.1. The standard InChI is InChI=1S/C25H27Cl2N5O8/c1-3-39-24(37)31-23(32-25(38)40-4-2)29-17-7-5-6-15(11-17)22(36)28-13-19(33)30-21-14(8-9-20(34)35)10-16(26)12-18(21)27/h5-7,10-12H,3-4,8-9,13H2,1-2H3,(H,28,36)(H,30,33)(H,34,35)(H2,29,31,32,37,38). The number of ether oxygens (including phenoxy) is 2. The number of hydrogen-bond acceptors (Lipinski definition) is 8. The molecule has 0 heterocycles. The minimum absolute atomic E-state index is 0.0724. The van der Waals surface area contributed by atoms with Gasteiger partial charge in [-0.3, -0.25) is 25.0 Å². The van der Waals surface area contributed by atoms with Gasteiger partial charge in [-0.1, -0.05) is 29.3 Å². The summed E-state index contributed by atoms with van der Waals surface area (Å²) in [4.78, 5) is 63.9. The fraction of sp³-hybridized carbons (Fsp3) is 0.280. The van der Waals surface area contributed by atoms with Crippen LogP contribution in [0.2, 0.25) is 10.0 Å². The van der Waals surface area contributed by atoms with Gasteiger partial charge >= 0.3 is 18.2 Å². The first-order chi connectivity index (χ1) is 19.0. The van der Waals surface area contributed by atoms with E-state index in [2.05, 4.69) is 26.3 Å².